The predicted octanol–water partition coefficient (Wildman–Crippen LogP) is 4.99. The van der Waals surface area contributed by atoms with E-state index in [1.807, 2.05) is 19.1 Å². The molecule has 4 rings (SSSR count). The first kappa shape index (κ1) is 14.5. The Bertz CT molecular complexity index is 936. The molecule has 2 heterocycles. The molecular weight excluding hydrogens is 332 g/mol. The van der Waals surface area contributed by atoms with Gasteiger partial charge in [-0.1, -0.05) is 22.8 Å². The van der Waals surface area contributed by atoms with Crippen molar-refractivity contribution in [1.82, 2.24) is 10.1 Å². The SMILES string of the molecule is Cc1ccc(NSc2onc(C3CC3)c2Cl)c2[nH]cc(C#N)c12. The third kappa shape index (κ3) is 2.46. The van der Waals surface area contributed by atoms with Crippen LogP contribution in [0.5, 0.6) is 0 Å². The first-order chi connectivity index (χ1) is 11.2. The van der Waals surface area contributed by atoms with Gasteiger partial charge in [-0.15, -0.1) is 0 Å². The Morgan fingerprint density at radius 3 is 3.04 bits per heavy atom. The van der Waals surface area contributed by atoms with E-state index in [-0.39, 0.29) is 0 Å². The molecule has 5 nitrogen and oxygen atoms in total. The molecule has 0 amide bonds. The summed E-state index contributed by atoms with van der Waals surface area (Å²) >= 11 is 7.62. The number of hydrogen-bond donors (Lipinski definition) is 2. The molecule has 7 heteroatoms. The van der Waals surface area contributed by atoms with Gasteiger partial charge in [-0.25, -0.2) is 0 Å². The van der Waals surface area contributed by atoms with Gasteiger partial charge in [0.15, 0.2) is 0 Å². The maximum atomic E-state index is 9.21. The number of aromatic nitrogens is 2. The number of nitriles is 1. The van der Waals surface area contributed by atoms with Crippen LogP contribution in [0, 0.1) is 18.3 Å². The van der Waals surface area contributed by atoms with E-state index >= 15 is 0 Å². The lowest BCUT2D eigenvalue weighted by Gasteiger charge is -2.06. The van der Waals surface area contributed by atoms with Gasteiger partial charge < -0.3 is 14.2 Å². The van der Waals surface area contributed by atoms with E-state index in [9.17, 15) is 5.26 Å². The Hall–Kier alpha value is -2.10. The molecule has 0 saturated heterocycles. The summed E-state index contributed by atoms with van der Waals surface area (Å²) in [5, 5.41) is 15.4. The second-order valence-corrected chi connectivity index (χ2v) is 6.80. The summed E-state index contributed by atoms with van der Waals surface area (Å²) in [6.07, 6.45) is 3.98. The summed E-state index contributed by atoms with van der Waals surface area (Å²) in [4.78, 5) is 3.16. The predicted molar refractivity (Wildman–Crippen MR) is 90.7 cm³/mol. The van der Waals surface area contributed by atoms with Gasteiger partial charge in [0.25, 0.3) is 0 Å². The number of nitrogens with one attached hydrogen (secondary N) is 2. The van der Waals surface area contributed by atoms with E-state index in [4.69, 9.17) is 16.1 Å². The van der Waals surface area contributed by atoms with Crippen LogP contribution in [-0.2, 0) is 0 Å². The largest absolute Gasteiger partial charge is 0.358 e. The molecule has 3 aromatic rings. The van der Waals surface area contributed by atoms with Crippen LogP contribution in [0.4, 0.5) is 5.69 Å². The molecule has 0 bridgehead atoms. The highest BCUT2D eigenvalue weighted by molar-refractivity contribution is 8.00. The van der Waals surface area contributed by atoms with Gasteiger partial charge in [0.1, 0.15) is 16.8 Å². The van der Waals surface area contributed by atoms with Gasteiger partial charge in [-0.3, -0.25) is 0 Å². The minimum Gasteiger partial charge on any atom is -0.358 e. The van der Waals surface area contributed by atoms with E-state index in [1.165, 1.54) is 11.9 Å². The monoisotopic (exact) mass is 344 g/mol. The van der Waals surface area contributed by atoms with Crippen molar-refractivity contribution < 1.29 is 4.52 Å². The molecule has 0 unspecified atom stereocenters. The van der Waals surface area contributed by atoms with Crippen molar-refractivity contribution in [2.45, 2.75) is 30.8 Å². The minimum absolute atomic E-state index is 0.452. The summed E-state index contributed by atoms with van der Waals surface area (Å²) < 4.78 is 8.58. The van der Waals surface area contributed by atoms with Crippen LogP contribution in [0.1, 0.15) is 35.6 Å². The highest BCUT2D eigenvalue weighted by Crippen LogP contribution is 2.45. The van der Waals surface area contributed by atoms with Gasteiger partial charge in [0, 0.05) is 29.4 Å². The highest BCUT2D eigenvalue weighted by Gasteiger charge is 2.31. The lowest BCUT2D eigenvalue weighted by Crippen LogP contribution is -1.89. The zero-order valence-electron chi connectivity index (χ0n) is 12.3. The molecule has 2 N–H and O–H groups in total. The van der Waals surface area contributed by atoms with Gasteiger partial charge in [-0.05, 0) is 31.4 Å². The zero-order valence-corrected chi connectivity index (χ0v) is 13.9. The van der Waals surface area contributed by atoms with E-state index in [1.54, 1.807) is 6.20 Å². The van der Waals surface area contributed by atoms with Crippen LogP contribution >= 0.6 is 23.5 Å². The second kappa shape index (κ2) is 5.52. The van der Waals surface area contributed by atoms with E-state index in [0.29, 0.717) is 21.6 Å². The number of aryl methyl sites for hydroxylation is 1. The van der Waals surface area contributed by atoms with Crippen molar-refractivity contribution >= 4 is 40.1 Å². The van der Waals surface area contributed by atoms with Crippen LogP contribution in [-0.4, -0.2) is 10.1 Å². The maximum absolute atomic E-state index is 9.21. The molecule has 1 aliphatic carbocycles. The molecule has 1 fully saturated rings. The lowest BCUT2D eigenvalue weighted by molar-refractivity contribution is 0.345. The summed E-state index contributed by atoms with van der Waals surface area (Å²) in [6.45, 7) is 1.99. The lowest BCUT2D eigenvalue weighted by atomic mass is 10.1. The minimum atomic E-state index is 0.452. The summed E-state index contributed by atoms with van der Waals surface area (Å²) in [5.41, 5.74) is 4.32. The summed E-state index contributed by atoms with van der Waals surface area (Å²) in [5.74, 6) is 0.452. The Balaban J connectivity index is 1.62. The van der Waals surface area contributed by atoms with Gasteiger partial charge in [0.2, 0.25) is 5.09 Å². The highest BCUT2D eigenvalue weighted by atomic mass is 35.5. The Kier molecular flexibility index (Phi) is 3.47. The molecule has 1 aromatic carbocycles. The molecular formula is C16H13ClN4OS. The third-order valence-corrected chi connectivity index (χ3v) is 5.28. The van der Waals surface area contributed by atoms with Crippen LogP contribution in [0.2, 0.25) is 5.02 Å². The zero-order chi connectivity index (χ0) is 16.0. The molecule has 0 spiro atoms. The van der Waals surface area contributed by atoms with Gasteiger partial charge >= 0.3 is 0 Å². The van der Waals surface area contributed by atoms with Crippen molar-refractivity contribution in [3.8, 4) is 6.07 Å². The molecule has 0 radical (unpaired) electrons. The number of anilines is 1. The number of rotatable bonds is 4. The van der Waals surface area contributed by atoms with E-state index in [2.05, 4.69) is 20.9 Å². The van der Waals surface area contributed by atoms with E-state index in [0.717, 1.165) is 40.7 Å². The van der Waals surface area contributed by atoms with Crippen molar-refractivity contribution in [3.63, 3.8) is 0 Å². The molecule has 0 aliphatic heterocycles. The first-order valence-corrected chi connectivity index (χ1v) is 8.47. The van der Waals surface area contributed by atoms with Gasteiger partial charge in [0.05, 0.1) is 16.8 Å². The molecule has 0 atom stereocenters. The molecule has 2 aromatic heterocycles. The first-order valence-electron chi connectivity index (χ1n) is 7.27. The smallest absolute Gasteiger partial charge is 0.232 e. The fraction of sp³-hybridized carbons (Fsp3) is 0.250. The number of benzene rings is 1. The molecule has 1 saturated carbocycles. The summed E-state index contributed by atoms with van der Waals surface area (Å²) in [7, 11) is 0. The number of H-pyrrole nitrogens is 1. The quantitative estimate of drug-likeness (QED) is 0.652. The van der Waals surface area contributed by atoms with Crippen molar-refractivity contribution in [2.24, 2.45) is 0 Å². The molecule has 1 aliphatic rings. The van der Waals surface area contributed by atoms with Crippen LogP contribution in [0.25, 0.3) is 10.9 Å². The number of fused-ring (bicyclic) bond motifs is 1. The van der Waals surface area contributed by atoms with Crippen molar-refractivity contribution in [1.29, 1.82) is 5.26 Å². The number of hydrogen-bond acceptors (Lipinski definition) is 5. The normalized spacial score (nSPS) is 14.1. The standard InChI is InChI=1S/C16H13ClN4OS/c1-8-2-5-11(15-12(8)10(6-18)7-19-15)21-23-16-13(17)14(20-22-16)9-3-4-9/h2,5,7,9,19,21H,3-4H2,1H3. The number of aromatic amines is 1. The average molecular weight is 345 g/mol. The molecule has 116 valence electrons. The van der Waals surface area contributed by atoms with Crippen LogP contribution in [0.3, 0.4) is 0 Å². The molecule has 23 heavy (non-hydrogen) atoms. The Labute approximate surface area is 142 Å². The maximum Gasteiger partial charge on any atom is 0.232 e. The van der Waals surface area contributed by atoms with E-state index < -0.39 is 0 Å². The topological polar surface area (TPSA) is 77.6 Å². The average Bonchev–Trinajstić information content (AvgIpc) is 3.18. The number of nitrogens with zero attached hydrogens (tertiary/aromatic N) is 2. The fourth-order valence-corrected chi connectivity index (χ4v) is 3.62. The van der Waals surface area contributed by atoms with Crippen LogP contribution in [0.15, 0.2) is 27.9 Å². The Morgan fingerprint density at radius 1 is 1.48 bits per heavy atom. The van der Waals surface area contributed by atoms with Gasteiger partial charge in [-0.2, -0.15) is 5.26 Å². The van der Waals surface area contributed by atoms with Crippen LogP contribution < -0.4 is 4.72 Å². The Morgan fingerprint density at radius 2 is 2.30 bits per heavy atom. The second-order valence-electron chi connectivity index (χ2n) is 5.64. The van der Waals surface area contributed by atoms with Crippen molar-refractivity contribution in [2.75, 3.05) is 4.72 Å². The van der Waals surface area contributed by atoms with Crippen molar-refractivity contribution in [3.05, 3.63) is 40.2 Å². The summed E-state index contributed by atoms with van der Waals surface area (Å²) in [6, 6.07) is 6.16. The third-order valence-electron chi connectivity index (χ3n) is 4.01. The fourth-order valence-electron chi connectivity index (χ4n) is 2.64. The number of halogens is 1.